The van der Waals surface area contributed by atoms with E-state index in [1.807, 2.05) is 0 Å². The van der Waals surface area contributed by atoms with Crippen molar-refractivity contribution < 1.29 is 24.5 Å². The molecule has 0 radical (unpaired) electrons. The number of aliphatic hydroxyl groups excluding tert-OH is 2. The van der Waals surface area contributed by atoms with Gasteiger partial charge in [-0.1, -0.05) is 321 Å². The molecule has 0 bridgehead atoms. The smallest absolute Gasteiger partial charge is 0.305 e. The van der Waals surface area contributed by atoms with Crippen molar-refractivity contribution in [3.05, 3.63) is 12.2 Å². The Morgan fingerprint density at radius 2 is 0.653 bits per heavy atom. The van der Waals surface area contributed by atoms with Crippen LogP contribution in [0, 0.1) is 0 Å². The maximum atomic E-state index is 12.5. The molecule has 0 aliphatic rings. The highest BCUT2D eigenvalue weighted by atomic mass is 16.5. The zero-order valence-electron chi connectivity index (χ0n) is 48.9. The van der Waals surface area contributed by atoms with Crippen LogP contribution in [0.5, 0.6) is 0 Å². The summed E-state index contributed by atoms with van der Waals surface area (Å²) < 4.78 is 5.47. The SMILES string of the molecule is CCCCCCCCCCCCCCCCCCCCCCCCC(O)C(CO)NC(=O)CCCCCCCCC/C=C\CCCCCCCCCCCCCOC(=O)CCCCCCCCCCCCC. The Balaban J connectivity index is 3.42. The molecule has 0 spiro atoms. The minimum Gasteiger partial charge on any atom is -0.466 e. The Kier molecular flexibility index (Phi) is 60.9. The zero-order chi connectivity index (χ0) is 52.2. The van der Waals surface area contributed by atoms with Crippen molar-refractivity contribution >= 4 is 11.9 Å². The van der Waals surface area contributed by atoms with Crippen LogP contribution in [0.1, 0.15) is 373 Å². The van der Waals surface area contributed by atoms with E-state index in [0.717, 1.165) is 38.5 Å². The quantitative estimate of drug-likeness (QED) is 0.0320. The van der Waals surface area contributed by atoms with Gasteiger partial charge in [0.05, 0.1) is 25.4 Å². The van der Waals surface area contributed by atoms with Gasteiger partial charge >= 0.3 is 5.97 Å². The lowest BCUT2D eigenvalue weighted by Gasteiger charge is -2.22. The number of nitrogens with one attached hydrogen (secondary N) is 1. The van der Waals surface area contributed by atoms with Crippen LogP contribution in [-0.2, 0) is 14.3 Å². The molecule has 3 N–H and O–H groups in total. The van der Waals surface area contributed by atoms with Crippen molar-refractivity contribution in [2.24, 2.45) is 0 Å². The van der Waals surface area contributed by atoms with Crippen LogP contribution >= 0.6 is 0 Å². The number of hydrogen-bond acceptors (Lipinski definition) is 5. The molecule has 72 heavy (non-hydrogen) atoms. The van der Waals surface area contributed by atoms with Crippen molar-refractivity contribution in [2.45, 2.75) is 386 Å². The number of amides is 1. The van der Waals surface area contributed by atoms with Gasteiger partial charge in [0.1, 0.15) is 0 Å². The number of ether oxygens (including phenoxy) is 1. The molecule has 0 rings (SSSR count). The van der Waals surface area contributed by atoms with Gasteiger partial charge in [-0.15, -0.1) is 0 Å². The standard InChI is InChI=1S/C66H129NO5/c1-3-5-7-9-11-13-15-16-17-18-19-20-23-26-29-32-35-39-42-46-50-54-58-64(69)63(62-68)67-65(70)59-55-51-47-43-40-36-33-30-27-24-21-22-25-28-31-34-37-41-45-49-53-57-61-72-66(71)60-56-52-48-44-38-14-12-10-8-6-4-2/h24,27,63-64,68-69H,3-23,25-26,28-62H2,1-2H3,(H,67,70)/b27-24-. The molecule has 2 atom stereocenters. The van der Waals surface area contributed by atoms with Crippen LogP contribution in [0.15, 0.2) is 12.2 Å². The van der Waals surface area contributed by atoms with E-state index in [1.54, 1.807) is 0 Å². The van der Waals surface area contributed by atoms with Crippen LogP contribution < -0.4 is 5.32 Å². The molecular weight excluding hydrogens is 887 g/mol. The molecule has 0 fully saturated rings. The predicted molar refractivity (Wildman–Crippen MR) is 315 cm³/mol. The van der Waals surface area contributed by atoms with E-state index >= 15 is 0 Å². The van der Waals surface area contributed by atoms with Crippen molar-refractivity contribution in [1.29, 1.82) is 0 Å². The van der Waals surface area contributed by atoms with Gasteiger partial charge in [0.15, 0.2) is 0 Å². The van der Waals surface area contributed by atoms with Gasteiger partial charge in [-0.2, -0.15) is 0 Å². The third-order valence-corrected chi connectivity index (χ3v) is 15.6. The van der Waals surface area contributed by atoms with E-state index in [4.69, 9.17) is 4.74 Å². The fourth-order valence-electron chi connectivity index (χ4n) is 10.5. The Bertz CT molecular complexity index is 1080. The predicted octanol–water partition coefficient (Wildman–Crippen LogP) is 20.8. The van der Waals surface area contributed by atoms with Crippen LogP contribution in [-0.4, -0.2) is 47.4 Å². The minimum atomic E-state index is -0.669. The third-order valence-electron chi connectivity index (χ3n) is 15.6. The normalized spacial score (nSPS) is 12.6. The number of allylic oxidation sites excluding steroid dienone is 2. The largest absolute Gasteiger partial charge is 0.466 e. The maximum absolute atomic E-state index is 12.5. The molecule has 0 heterocycles. The van der Waals surface area contributed by atoms with Crippen molar-refractivity contribution in [2.75, 3.05) is 13.2 Å². The topological polar surface area (TPSA) is 95.9 Å². The molecule has 6 heteroatoms. The first-order valence-corrected chi connectivity index (χ1v) is 32.9. The summed E-state index contributed by atoms with van der Waals surface area (Å²) in [4.78, 5) is 24.5. The van der Waals surface area contributed by atoms with Gasteiger partial charge < -0.3 is 20.3 Å². The van der Waals surface area contributed by atoms with Crippen molar-refractivity contribution in [3.63, 3.8) is 0 Å². The maximum Gasteiger partial charge on any atom is 0.305 e. The molecule has 0 aromatic carbocycles. The van der Waals surface area contributed by atoms with Gasteiger partial charge in [-0.25, -0.2) is 0 Å². The molecule has 428 valence electrons. The van der Waals surface area contributed by atoms with Gasteiger partial charge in [0, 0.05) is 12.8 Å². The molecule has 0 aliphatic carbocycles. The van der Waals surface area contributed by atoms with Gasteiger partial charge in [-0.05, 0) is 51.4 Å². The average Bonchev–Trinajstić information content (AvgIpc) is 3.38. The average molecular weight is 1020 g/mol. The summed E-state index contributed by atoms with van der Waals surface area (Å²) in [6, 6.07) is -0.547. The van der Waals surface area contributed by atoms with Crippen LogP contribution in [0.25, 0.3) is 0 Å². The van der Waals surface area contributed by atoms with Gasteiger partial charge in [0.25, 0.3) is 0 Å². The second kappa shape index (κ2) is 62.1. The lowest BCUT2D eigenvalue weighted by Crippen LogP contribution is -2.45. The monoisotopic (exact) mass is 1020 g/mol. The number of carbonyl (C=O) groups is 2. The molecule has 0 saturated heterocycles. The third kappa shape index (κ3) is 57.9. The molecule has 0 aliphatic heterocycles. The number of unbranched alkanes of at least 4 members (excludes halogenated alkanes) is 49. The first-order valence-electron chi connectivity index (χ1n) is 32.9. The second-order valence-electron chi connectivity index (χ2n) is 22.8. The summed E-state index contributed by atoms with van der Waals surface area (Å²) in [6.45, 7) is 4.98. The van der Waals surface area contributed by atoms with Crippen molar-refractivity contribution in [3.8, 4) is 0 Å². The fourth-order valence-corrected chi connectivity index (χ4v) is 10.5. The summed E-state index contributed by atoms with van der Waals surface area (Å²) in [5.41, 5.74) is 0. The molecule has 1 amide bonds. The lowest BCUT2D eigenvalue weighted by molar-refractivity contribution is -0.143. The summed E-state index contributed by atoms with van der Waals surface area (Å²) in [5.74, 6) is -0.0269. The molecule has 0 aromatic heterocycles. The number of esters is 1. The number of rotatable bonds is 62. The van der Waals surface area contributed by atoms with Crippen LogP contribution in [0.4, 0.5) is 0 Å². The Morgan fingerprint density at radius 1 is 0.375 bits per heavy atom. The first kappa shape index (κ1) is 70.6. The number of carbonyl (C=O) groups excluding carboxylic acids is 2. The Labute approximate surface area is 450 Å². The summed E-state index contributed by atoms with van der Waals surface area (Å²) in [6.07, 6.45) is 75.2. The van der Waals surface area contributed by atoms with Gasteiger partial charge in [0.2, 0.25) is 5.91 Å². The summed E-state index contributed by atoms with van der Waals surface area (Å²) in [7, 11) is 0. The van der Waals surface area contributed by atoms with E-state index in [-0.39, 0.29) is 18.5 Å². The van der Waals surface area contributed by atoms with Crippen LogP contribution in [0.3, 0.4) is 0 Å². The van der Waals surface area contributed by atoms with E-state index in [0.29, 0.717) is 25.9 Å². The summed E-state index contributed by atoms with van der Waals surface area (Å²) >= 11 is 0. The molecule has 0 aromatic rings. The molecule has 6 nitrogen and oxygen atoms in total. The Morgan fingerprint density at radius 3 is 0.986 bits per heavy atom. The fraction of sp³-hybridized carbons (Fsp3) is 0.939. The molecule has 0 saturated carbocycles. The first-order chi connectivity index (χ1) is 35.5. The lowest BCUT2D eigenvalue weighted by atomic mass is 10.0. The minimum absolute atomic E-state index is 0.0106. The highest BCUT2D eigenvalue weighted by molar-refractivity contribution is 5.76. The molecular formula is C66H129NO5. The van der Waals surface area contributed by atoms with E-state index in [9.17, 15) is 19.8 Å². The Hall–Kier alpha value is -1.40. The highest BCUT2D eigenvalue weighted by Crippen LogP contribution is 2.18. The molecule has 2 unspecified atom stereocenters. The zero-order valence-corrected chi connectivity index (χ0v) is 48.9. The number of hydrogen-bond donors (Lipinski definition) is 3. The van der Waals surface area contributed by atoms with E-state index in [1.165, 1.54) is 302 Å². The van der Waals surface area contributed by atoms with Crippen LogP contribution in [0.2, 0.25) is 0 Å². The van der Waals surface area contributed by atoms with E-state index in [2.05, 4.69) is 31.3 Å². The number of aliphatic hydroxyl groups is 2. The van der Waals surface area contributed by atoms with E-state index < -0.39 is 12.1 Å². The van der Waals surface area contributed by atoms with Crippen molar-refractivity contribution in [1.82, 2.24) is 5.32 Å². The second-order valence-corrected chi connectivity index (χ2v) is 22.8. The summed E-state index contributed by atoms with van der Waals surface area (Å²) in [5, 5.41) is 23.4. The van der Waals surface area contributed by atoms with Gasteiger partial charge in [-0.3, -0.25) is 9.59 Å². The highest BCUT2D eigenvalue weighted by Gasteiger charge is 2.20.